The van der Waals surface area contributed by atoms with Crippen molar-refractivity contribution in [3.05, 3.63) is 35.9 Å². The number of carboxylic acid groups (broad SMARTS) is 1. The van der Waals surface area contributed by atoms with Gasteiger partial charge in [0, 0.05) is 11.8 Å². The number of carbonyl (C=O) groups excluding carboxylic acids is 1. The lowest BCUT2D eigenvalue weighted by atomic mass is 10.2. The lowest BCUT2D eigenvalue weighted by Crippen LogP contribution is -2.35. The van der Waals surface area contributed by atoms with E-state index in [4.69, 9.17) is 5.11 Å². The van der Waals surface area contributed by atoms with Gasteiger partial charge in [0.2, 0.25) is 5.91 Å². The molecule has 0 heterocycles. The smallest absolute Gasteiger partial charge is 0.401 e. The van der Waals surface area contributed by atoms with Crippen LogP contribution in [-0.4, -0.2) is 36.2 Å². The summed E-state index contributed by atoms with van der Waals surface area (Å²) in [6.45, 7) is -1.69. The van der Waals surface area contributed by atoms with Crippen molar-refractivity contribution in [1.29, 1.82) is 0 Å². The summed E-state index contributed by atoms with van der Waals surface area (Å²) in [5, 5.41) is 12.8. The summed E-state index contributed by atoms with van der Waals surface area (Å²) < 4.78 is 35.6. The van der Waals surface area contributed by atoms with Crippen molar-refractivity contribution < 1.29 is 27.9 Å². The van der Waals surface area contributed by atoms with Crippen molar-refractivity contribution in [3.8, 4) is 0 Å². The Kier molecular flexibility index (Phi) is 5.92. The van der Waals surface area contributed by atoms with Crippen molar-refractivity contribution >= 4 is 23.6 Å². The van der Waals surface area contributed by atoms with Crippen LogP contribution in [0.5, 0.6) is 0 Å². The number of rotatable bonds is 6. The minimum absolute atomic E-state index is 0.404. The Labute approximate surface area is 118 Å². The molecule has 0 saturated heterocycles. The number of benzene rings is 1. The molecule has 1 aromatic rings. The zero-order valence-electron chi connectivity index (χ0n) is 10.8. The molecular formula is C13H13F3N2O3. The van der Waals surface area contributed by atoms with Crippen LogP contribution in [0, 0.1) is 0 Å². The Morgan fingerprint density at radius 1 is 1.19 bits per heavy atom. The van der Waals surface area contributed by atoms with Gasteiger partial charge in [0.15, 0.2) is 0 Å². The quantitative estimate of drug-likeness (QED) is 0.701. The lowest BCUT2D eigenvalue weighted by molar-refractivity contribution is -0.131. The van der Waals surface area contributed by atoms with Crippen LogP contribution in [0.2, 0.25) is 0 Å². The highest BCUT2D eigenvalue weighted by atomic mass is 19.4. The Bertz CT molecular complexity index is 524. The van der Waals surface area contributed by atoms with E-state index >= 15 is 0 Å². The number of amides is 1. The SMILES string of the molecule is O=C(O)/C=C/c1ccc(NC(=O)CNCC(F)(F)F)cc1. The average molecular weight is 302 g/mol. The van der Waals surface area contributed by atoms with Gasteiger partial charge in [-0.05, 0) is 23.8 Å². The Balaban J connectivity index is 2.44. The Morgan fingerprint density at radius 2 is 1.81 bits per heavy atom. The van der Waals surface area contributed by atoms with Crippen LogP contribution in [0.25, 0.3) is 6.08 Å². The summed E-state index contributed by atoms with van der Waals surface area (Å²) in [4.78, 5) is 21.7. The molecule has 0 atom stereocenters. The van der Waals surface area contributed by atoms with Crippen LogP contribution in [0.1, 0.15) is 5.56 Å². The fourth-order valence-corrected chi connectivity index (χ4v) is 1.37. The van der Waals surface area contributed by atoms with Crippen LogP contribution in [0.4, 0.5) is 18.9 Å². The number of hydrogen-bond acceptors (Lipinski definition) is 3. The predicted octanol–water partition coefficient (Wildman–Crippen LogP) is 1.87. The Hall–Kier alpha value is -2.35. The minimum atomic E-state index is -4.36. The minimum Gasteiger partial charge on any atom is -0.478 e. The summed E-state index contributed by atoms with van der Waals surface area (Å²) >= 11 is 0. The second-order valence-electron chi connectivity index (χ2n) is 4.06. The molecule has 0 spiro atoms. The molecule has 0 fully saturated rings. The molecule has 0 bridgehead atoms. The summed E-state index contributed by atoms with van der Waals surface area (Å²) in [5.41, 5.74) is 1.02. The van der Waals surface area contributed by atoms with Crippen LogP contribution in [0.3, 0.4) is 0 Å². The number of hydrogen-bond donors (Lipinski definition) is 3. The third-order valence-electron chi connectivity index (χ3n) is 2.22. The van der Waals surface area contributed by atoms with E-state index in [1.807, 2.05) is 5.32 Å². The normalized spacial score (nSPS) is 11.6. The van der Waals surface area contributed by atoms with Gasteiger partial charge >= 0.3 is 12.1 Å². The monoisotopic (exact) mass is 302 g/mol. The summed E-state index contributed by atoms with van der Waals surface area (Å²) in [7, 11) is 0. The number of aliphatic carboxylic acids is 1. The molecule has 1 rings (SSSR count). The standard InChI is InChI=1S/C13H13F3N2O3/c14-13(15,16)8-17-7-11(19)18-10-4-1-9(2-5-10)3-6-12(20)21/h1-6,17H,7-8H2,(H,18,19)(H,20,21)/b6-3+. The third-order valence-corrected chi connectivity index (χ3v) is 2.22. The maximum absolute atomic E-state index is 11.9. The number of carboxylic acids is 1. The van der Waals surface area contributed by atoms with Gasteiger partial charge in [-0.25, -0.2) is 4.79 Å². The second-order valence-corrected chi connectivity index (χ2v) is 4.06. The topological polar surface area (TPSA) is 78.4 Å². The molecule has 5 nitrogen and oxygen atoms in total. The first-order chi connectivity index (χ1) is 9.76. The summed E-state index contributed by atoms with van der Waals surface area (Å²) in [6.07, 6.45) is -2.02. The molecule has 1 aromatic carbocycles. The predicted molar refractivity (Wildman–Crippen MR) is 70.7 cm³/mol. The van der Waals surface area contributed by atoms with Crippen LogP contribution < -0.4 is 10.6 Å². The fourth-order valence-electron chi connectivity index (χ4n) is 1.37. The zero-order valence-corrected chi connectivity index (χ0v) is 10.8. The van der Waals surface area contributed by atoms with E-state index < -0.39 is 31.1 Å². The molecule has 0 aromatic heterocycles. The van der Waals surface area contributed by atoms with Crippen molar-refractivity contribution in [2.24, 2.45) is 0 Å². The van der Waals surface area contributed by atoms with Gasteiger partial charge in [-0.15, -0.1) is 0 Å². The first-order valence-electron chi connectivity index (χ1n) is 5.85. The van der Waals surface area contributed by atoms with E-state index in [1.165, 1.54) is 18.2 Å². The lowest BCUT2D eigenvalue weighted by Gasteiger charge is -2.09. The van der Waals surface area contributed by atoms with Gasteiger partial charge in [-0.2, -0.15) is 13.2 Å². The van der Waals surface area contributed by atoms with Crippen LogP contribution in [0.15, 0.2) is 30.3 Å². The van der Waals surface area contributed by atoms with Crippen molar-refractivity contribution in [3.63, 3.8) is 0 Å². The highest BCUT2D eigenvalue weighted by Crippen LogP contribution is 2.12. The summed E-state index contributed by atoms with van der Waals surface area (Å²) in [6, 6.07) is 6.17. The molecule has 0 saturated carbocycles. The van der Waals surface area contributed by atoms with Crippen molar-refractivity contribution in [2.45, 2.75) is 6.18 Å². The molecule has 114 valence electrons. The molecular weight excluding hydrogens is 289 g/mol. The van der Waals surface area contributed by atoms with E-state index in [9.17, 15) is 22.8 Å². The van der Waals surface area contributed by atoms with Crippen molar-refractivity contribution in [2.75, 3.05) is 18.4 Å². The van der Waals surface area contributed by atoms with Gasteiger partial charge < -0.3 is 15.7 Å². The first kappa shape index (κ1) is 16.7. The van der Waals surface area contributed by atoms with E-state index in [1.54, 1.807) is 12.1 Å². The average Bonchev–Trinajstić information content (AvgIpc) is 2.36. The van der Waals surface area contributed by atoms with Gasteiger partial charge in [0.05, 0.1) is 13.1 Å². The zero-order chi connectivity index (χ0) is 15.9. The molecule has 0 unspecified atom stereocenters. The highest BCUT2D eigenvalue weighted by Gasteiger charge is 2.26. The third kappa shape index (κ3) is 7.73. The number of halogens is 3. The molecule has 0 aliphatic carbocycles. The van der Waals surface area contributed by atoms with Crippen LogP contribution >= 0.6 is 0 Å². The number of anilines is 1. The van der Waals surface area contributed by atoms with Gasteiger partial charge in [0.1, 0.15) is 0 Å². The van der Waals surface area contributed by atoms with Gasteiger partial charge in [0.25, 0.3) is 0 Å². The molecule has 21 heavy (non-hydrogen) atoms. The molecule has 0 aliphatic heterocycles. The second kappa shape index (κ2) is 7.44. The van der Waals surface area contributed by atoms with Gasteiger partial charge in [-0.3, -0.25) is 4.79 Å². The molecule has 8 heteroatoms. The van der Waals surface area contributed by atoms with E-state index in [0.717, 1.165) is 6.08 Å². The number of nitrogens with one attached hydrogen (secondary N) is 2. The largest absolute Gasteiger partial charge is 0.478 e. The van der Waals surface area contributed by atoms with Crippen molar-refractivity contribution in [1.82, 2.24) is 5.32 Å². The number of carbonyl (C=O) groups is 2. The molecule has 3 N–H and O–H groups in total. The fraction of sp³-hybridized carbons (Fsp3) is 0.231. The van der Waals surface area contributed by atoms with E-state index in [2.05, 4.69) is 5.32 Å². The van der Waals surface area contributed by atoms with Gasteiger partial charge in [-0.1, -0.05) is 12.1 Å². The molecule has 0 radical (unpaired) electrons. The number of alkyl halides is 3. The highest BCUT2D eigenvalue weighted by molar-refractivity contribution is 5.92. The maximum Gasteiger partial charge on any atom is 0.401 e. The first-order valence-corrected chi connectivity index (χ1v) is 5.85. The maximum atomic E-state index is 11.9. The summed E-state index contributed by atoms with van der Waals surface area (Å²) in [5.74, 6) is -1.68. The molecule has 1 amide bonds. The van der Waals surface area contributed by atoms with Crippen LogP contribution in [-0.2, 0) is 9.59 Å². The van der Waals surface area contributed by atoms with E-state index in [0.29, 0.717) is 11.3 Å². The molecule has 0 aliphatic rings. The Morgan fingerprint density at radius 3 is 2.33 bits per heavy atom. The van der Waals surface area contributed by atoms with E-state index in [-0.39, 0.29) is 0 Å².